The lowest BCUT2D eigenvalue weighted by Gasteiger charge is -2.12. The van der Waals surface area contributed by atoms with Gasteiger partial charge in [-0.05, 0) is 12.1 Å². The summed E-state index contributed by atoms with van der Waals surface area (Å²) in [5.74, 6) is -0.106. The van der Waals surface area contributed by atoms with Gasteiger partial charge >= 0.3 is 0 Å². The van der Waals surface area contributed by atoms with Crippen LogP contribution < -0.4 is 0 Å². The van der Waals surface area contributed by atoms with E-state index in [2.05, 4.69) is 0 Å². The summed E-state index contributed by atoms with van der Waals surface area (Å²) in [5, 5.41) is 0.301. The van der Waals surface area contributed by atoms with Crippen molar-refractivity contribution in [3.05, 3.63) is 34.6 Å². The first-order chi connectivity index (χ1) is 7.22. The van der Waals surface area contributed by atoms with Crippen molar-refractivity contribution >= 4 is 23.2 Å². The molecule has 1 aliphatic heterocycles. The molecular formula is C10H9Cl2FO2. The largest absolute Gasteiger partial charge is 0.345 e. The van der Waals surface area contributed by atoms with Crippen LogP contribution in [-0.4, -0.2) is 18.6 Å². The van der Waals surface area contributed by atoms with Gasteiger partial charge in [-0.1, -0.05) is 17.7 Å². The van der Waals surface area contributed by atoms with E-state index in [1.165, 1.54) is 12.1 Å². The first-order valence-electron chi connectivity index (χ1n) is 4.49. The van der Waals surface area contributed by atoms with Crippen molar-refractivity contribution in [2.24, 2.45) is 0 Å². The molecule has 2 rings (SSSR count). The predicted molar refractivity (Wildman–Crippen MR) is 55.7 cm³/mol. The van der Waals surface area contributed by atoms with Crippen molar-refractivity contribution in [1.29, 1.82) is 0 Å². The van der Waals surface area contributed by atoms with E-state index in [0.29, 0.717) is 17.5 Å². The first-order valence-corrected chi connectivity index (χ1v) is 5.40. The van der Waals surface area contributed by atoms with E-state index in [9.17, 15) is 4.39 Å². The van der Waals surface area contributed by atoms with Crippen LogP contribution in [0, 0.1) is 5.82 Å². The van der Waals surface area contributed by atoms with E-state index < -0.39 is 12.1 Å². The second-order valence-electron chi connectivity index (χ2n) is 3.21. The third kappa shape index (κ3) is 2.26. The molecule has 0 bridgehead atoms. The molecule has 1 saturated heterocycles. The van der Waals surface area contributed by atoms with Crippen LogP contribution in [0.3, 0.4) is 0 Å². The van der Waals surface area contributed by atoms with Gasteiger partial charge in [-0.15, -0.1) is 11.6 Å². The molecule has 5 heteroatoms. The van der Waals surface area contributed by atoms with Crippen LogP contribution >= 0.6 is 23.2 Å². The van der Waals surface area contributed by atoms with Crippen LogP contribution in [0.4, 0.5) is 4.39 Å². The van der Waals surface area contributed by atoms with E-state index in [0.717, 1.165) is 0 Å². The van der Waals surface area contributed by atoms with Gasteiger partial charge < -0.3 is 9.47 Å². The molecule has 82 valence electrons. The molecule has 0 N–H and O–H groups in total. The summed E-state index contributed by atoms with van der Waals surface area (Å²) in [6.07, 6.45) is -0.949. The third-order valence-electron chi connectivity index (χ3n) is 2.16. The van der Waals surface area contributed by atoms with Crippen LogP contribution in [0.25, 0.3) is 0 Å². The molecule has 1 heterocycles. The number of alkyl halides is 1. The van der Waals surface area contributed by atoms with Gasteiger partial charge in [0.15, 0.2) is 6.29 Å². The maximum Gasteiger partial charge on any atom is 0.188 e. The standard InChI is InChI=1S/C10H9Cl2FO2/c11-4-6-5-14-10(15-6)9-7(12)2-1-3-8(9)13/h1-3,6,10H,4-5H2. The number of ether oxygens (including phenoxy) is 2. The molecule has 0 aromatic heterocycles. The number of benzene rings is 1. The highest BCUT2D eigenvalue weighted by Gasteiger charge is 2.30. The Balaban J connectivity index is 2.23. The van der Waals surface area contributed by atoms with Crippen molar-refractivity contribution in [2.75, 3.05) is 12.5 Å². The van der Waals surface area contributed by atoms with Crippen LogP contribution in [-0.2, 0) is 9.47 Å². The van der Waals surface area contributed by atoms with E-state index in [4.69, 9.17) is 32.7 Å². The third-order valence-corrected chi connectivity index (χ3v) is 2.83. The molecular weight excluding hydrogens is 242 g/mol. The molecule has 0 aliphatic carbocycles. The minimum absolute atomic E-state index is 0.202. The normalized spacial score (nSPS) is 25.8. The second-order valence-corrected chi connectivity index (χ2v) is 3.93. The summed E-state index contributed by atoms with van der Waals surface area (Å²) >= 11 is 11.5. The van der Waals surface area contributed by atoms with E-state index >= 15 is 0 Å². The second kappa shape index (κ2) is 4.66. The van der Waals surface area contributed by atoms with Crippen molar-refractivity contribution in [3.63, 3.8) is 0 Å². The highest BCUT2D eigenvalue weighted by Crippen LogP contribution is 2.33. The van der Waals surface area contributed by atoms with E-state index in [-0.39, 0.29) is 11.7 Å². The number of hydrogen-bond donors (Lipinski definition) is 0. The fourth-order valence-corrected chi connectivity index (χ4v) is 1.83. The van der Waals surface area contributed by atoms with E-state index in [1.54, 1.807) is 6.07 Å². The van der Waals surface area contributed by atoms with Gasteiger partial charge in [0.2, 0.25) is 0 Å². The Bertz CT molecular complexity index is 339. The Morgan fingerprint density at radius 2 is 2.27 bits per heavy atom. The maximum atomic E-state index is 13.5. The fourth-order valence-electron chi connectivity index (χ4n) is 1.42. The van der Waals surface area contributed by atoms with Crippen LogP contribution in [0.1, 0.15) is 11.9 Å². The average molecular weight is 251 g/mol. The van der Waals surface area contributed by atoms with E-state index in [1.807, 2.05) is 0 Å². The van der Waals surface area contributed by atoms with Crippen LogP contribution in [0.15, 0.2) is 18.2 Å². The van der Waals surface area contributed by atoms with Crippen molar-refractivity contribution < 1.29 is 13.9 Å². The van der Waals surface area contributed by atoms with Crippen LogP contribution in [0.2, 0.25) is 5.02 Å². The van der Waals surface area contributed by atoms with Gasteiger partial charge in [-0.3, -0.25) is 0 Å². The zero-order chi connectivity index (χ0) is 10.8. The summed E-state index contributed by atoms with van der Waals surface area (Å²) in [5.41, 5.74) is 0.242. The molecule has 1 aromatic rings. The molecule has 0 spiro atoms. The smallest absolute Gasteiger partial charge is 0.188 e. The summed E-state index contributed by atoms with van der Waals surface area (Å²) in [7, 11) is 0. The summed E-state index contributed by atoms with van der Waals surface area (Å²) in [6, 6.07) is 4.46. The Morgan fingerprint density at radius 1 is 1.47 bits per heavy atom. The lowest BCUT2D eigenvalue weighted by Crippen LogP contribution is -2.11. The fraction of sp³-hybridized carbons (Fsp3) is 0.400. The highest BCUT2D eigenvalue weighted by atomic mass is 35.5. The monoisotopic (exact) mass is 250 g/mol. The van der Waals surface area contributed by atoms with Gasteiger partial charge in [-0.2, -0.15) is 0 Å². The number of hydrogen-bond acceptors (Lipinski definition) is 2. The Labute approximate surface area is 96.9 Å². The molecule has 2 unspecified atom stereocenters. The Morgan fingerprint density at radius 3 is 2.87 bits per heavy atom. The average Bonchev–Trinajstić information content (AvgIpc) is 2.66. The van der Waals surface area contributed by atoms with Gasteiger partial charge in [0.05, 0.1) is 29.2 Å². The summed E-state index contributed by atoms with van der Waals surface area (Å²) < 4.78 is 24.1. The minimum atomic E-state index is -0.748. The van der Waals surface area contributed by atoms with Crippen molar-refractivity contribution in [2.45, 2.75) is 12.4 Å². The quantitative estimate of drug-likeness (QED) is 0.752. The molecule has 1 fully saturated rings. The Hall–Kier alpha value is -0.350. The molecule has 1 aliphatic rings. The summed E-state index contributed by atoms with van der Waals surface area (Å²) in [6.45, 7) is 0.360. The highest BCUT2D eigenvalue weighted by molar-refractivity contribution is 6.31. The van der Waals surface area contributed by atoms with Gasteiger partial charge in [0.1, 0.15) is 5.82 Å². The maximum absolute atomic E-state index is 13.5. The molecule has 0 amide bonds. The zero-order valence-corrected chi connectivity index (χ0v) is 9.26. The van der Waals surface area contributed by atoms with Crippen molar-refractivity contribution in [3.8, 4) is 0 Å². The molecule has 0 radical (unpaired) electrons. The Kier molecular flexibility index (Phi) is 3.46. The van der Waals surface area contributed by atoms with Gasteiger partial charge in [0.25, 0.3) is 0 Å². The van der Waals surface area contributed by atoms with Crippen LogP contribution in [0.5, 0.6) is 0 Å². The summed E-state index contributed by atoms with van der Waals surface area (Å²) in [4.78, 5) is 0. The number of halogens is 3. The lowest BCUT2D eigenvalue weighted by molar-refractivity contribution is -0.0588. The molecule has 2 nitrogen and oxygen atoms in total. The van der Waals surface area contributed by atoms with Gasteiger partial charge in [0, 0.05) is 0 Å². The first kappa shape index (κ1) is 11.1. The van der Waals surface area contributed by atoms with Gasteiger partial charge in [-0.25, -0.2) is 4.39 Å². The molecule has 0 saturated carbocycles. The SMILES string of the molecule is Fc1cccc(Cl)c1C1OCC(CCl)O1. The number of rotatable bonds is 2. The molecule has 15 heavy (non-hydrogen) atoms. The minimum Gasteiger partial charge on any atom is -0.345 e. The molecule has 2 atom stereocenters. The lowest BCUT2D eigenvalue weighted by atomic mass is 10.2. The zero-order valence-electron chi connectivity index (χ0n) is 7.75. The topological polar surface area (TPSA) is 18.5 Å². The predicted octanol–water partition coefficient (Wildman–Crippen LogP) is 3.13. The van der Waals surface area contributed by atoms with Crippen molar-refractivity contribution in [1.82, 2.24) is 0 Å². The molecule has 1 aromatic carbocycles.